The van der Waals surface area contributed by atoms with Gasteiger partial charge >= 0.3 is 0 Å². The van der Waals surface area contributed by atoms with Crippen LogP contribution < -0.4 is 10.3 Å². The second kappa shape index (κ2) is 5.62. The van der Waals surface area contributed by atoms with E-state index in [-0.39, 0.29) is 22.1 Å². The predicted octanol–water partition coefficient (Wildman–Crippen LogP) is 0.874. The van der Waals surface area contributed by atoms with E-state index in [2.05, 4.69) is 9.71 Å². The van der Waals surface area contributed by atoms with Crippen molar-refractivity contribution in [2.45, 2.75) is 36.3 Å². The number of ether oxygens (including phenoxy) is 1. The zero-order valence-corrected chi connectivity index (χ0v) is 11.9. The minimum Gasteiger partial charge on any atom is -0.380 e. The molecule has 2 rings (SSSR count). The van der Waals surface area contributed by atoms with E-state index in [0.29, 0.717) is 0 Å². The van der Waals surface area contributed by atoms with Crippen molar-refractivity contribution in [2.75, 3.05) is 7.11 Å². The molecule has 8 heteroatoms. The van der Waals surface area contributed by atoms with Gasteiger partial charge in [0.25, 0.3) is 5.56 Å². The van der Waals surface area contributed by atoms with Crippen molar-refractivity contribution in [3.8, 4) is 0 Å². The molecule has 2 atom stereocenters. The van der Waals surface area contributed by atoms with Crippen LogP contribution in [0.4, 0.5) is 0 Å². The number of sulfonamides is 1. The quantitative estimate of drug-likeness (QED) is 0.864. The number of H-pyrrole nitrogens is 1. The Balaban J connectivity index is 2.22. The van der Waals surface area contributed by atoms with Crippen molar-refractivity contribution < 1.29 is 13.2 Å². The van der Waals surface area contributed by atoms with Crippen LogP contribution in [0.15, 0.2) is 22.0 Å². The van der Waals surface area contributed by atoms with E-state index in [9.17, 15) is 13.2 Å². The van der Waals surface area contributed by atoms with Crippen LogP contribution in [0.25, 0.3) is 0 Å². The van der Waals surface area contributed by atoms with Gasteiger partial charge in [-0.05, 0) is 25.3 Å². The molecule has 1 aliphatic carbocycles. The van der Waals surface area contributed by atoms with Gasteiger partial charge in [-0.25, -0.2) is 13.1 Å². The first kappa shape index (κ1) is 14.5. The molecule has 0 aromatic carbocycles. The summed E-state index contributed by atoms with van der Waals surface area (Å²) in [6.45, 7) is 0. The van der Waals surface area contributed by atoms with Crippen molar-refractivity contribution in [1.29, 1.82) is 0 Å². The maximum atomic E-state index is 12.2. The SMILES string of the molecule is COC1CCCC1NS(=O)(=O)c1c[nH]c(=O)c(Cl)c1. The standard InChI is InChI=1S/C11H15ClN2O4S/c1-18-10-4-2-3-9(10)14-19(16,17)7-5-8(12)11(15)13-6-7/h5-6,9-10,14H,2-4H2,1H3,(H,13,15). The summed E-state index contributed by atoms with van der Waals surface area (Å²) in [5.74, 6) is 0. The largest absolute Gasteiger partial charge is 0.380 e. The second-order valence-corrected chi connectivity index (χ2v) is 6.57. The molecule has 0 amide bonds. The summed E-state index contributed by atoms with van der Waals surface area (Å²) in [6.07, 6.45) is 3.49. The Morgan fingerprint density at radius 2 is 2.21 bits per heavy atom. The molecule has 2 N–H and O–H groups in total. The van der Waals surface area contributed by atoms with Crippen LogP contribution in [-0.4, -0.2) is 32.7 Å². The van der Waals surface area contributed by atoms with Gasteiger partial charge < -0.3 is 9.72 Å². The number of pyridine rings is 1. The Bertz CT molecular complexity index is 613. The number of hydrogen-bond acceptors (Lipinski definition) is 4. The van der Waals surface area contributed by atoms with E-state index in [0.717, 1.165) is 31.5 Å². The summed E-state index contributed by atoms with van der Waals surface area (Å²) in [5, 5.41) is -0.155. The van der Waals surface area contributed by atoms with Crippen molar-refractivity contribution in [1.82, 2.24) is 9.71 Å². The summed E-state index contributed by atoms with van der Waals surface area (Å²) in [5.41, 5.74) is -0.517. The highest BCUT2D eigenvalue weighted by Gasteiger charge is 2.31. The van der Waals surface area contributed by atoms with Gasteiger partial charge in [-0.1, -0.05) is 11.6 Å². The number of rotatable bonds is 4. The molecule has 1 aliphatic rings. The molecule has 1 saturated carbocycles. The fraction of sp³-hybridized carbons (Fsp3) is 0.545. The zero-order chi connectivity index (χ0) is 14.0. The van der Waals surface area contributed by atoms with E-state index in [4.69, 9.17) is 16.3 Å². The molecule has 1 heterocycles. The van der Waals surface area contributed by atoms with Crippen LogP contribution in [0, 0.1) is 0 Å². The van der Waals surface area contributed by atoms with E-state index in [1.165, 1.54) is 0 Å². The van der Waals surface area contributed by atoms with E-state index in [1.54, 1.807) is 7.11 Å². The second-order valence-electron chi connectivity index (χ2n) is 4.45. The van der Waals surface area contributed by atoms with Gasteiger partial charge in [-0.3, -0.25) is 4.79 Å². The molecule has 2 unspecified atom stereocenters. The number of methoxy groups -OCH3 is 1. The van der Waals surface area contributed by atoms with Crippen LogP contribution in [0.2, 0.25) is 5.02 Å². The Morgan fingerprint density at radius 3 is 2.84 bits per heavy atom. The zero-order valence-electron chi connectivity index (χ0n) is 10.3. The highest BCUT2D eigenvalue weighted by molar-refractivity contribution is 7.89. The van der Waals surface area contributed by atoms with Crippen LogP contribution in [0.5, 0.6) is 0 Å². The number of hydrogen-bond donors (Lipinski definition) is 2. The van der Waals surface area contributed by atoms with Crippen LogP contribution in [-0.2, 0) is 14.8 Å². The smallest absolute Gasteiger partial charge is 0.266 e. The maximum Gasteiger partial charge on any atom is 0.266 e. The number of halogens is 1. The lowest BCUT2D eigenvalue weighted by molar-refractivity contribution is 0.0916. The molecule has 106 valence electrons. The predicted molar refractivity (Wildman–Crippen MR) is 70.8 cm³/mol. The van der Waals surface area contributed by atoms with Gasteiger partial charge in [0.2, 0.25) is 10.0 Å². The number of nitrogens with one attached hydrogen (secondary N) is 2. The third-order valence-corrected chi connectivity index (χ3v) is 4.95. The highest BCUT2D eigenvalue weighted by Crippen LogP contribution is 2.23. The van der Waals surface area contributed by atoms with Gasteiger partial charge in [0.1, 0.15) is 5.02 Å². The monoisotopic (exact) mass is 306 g/mol. The molecule has 6 nitrogen and oxygen atoms in total. The molecule has 0 spiro atoms. The lowest BCUT2D eigenvalue weighted by Gasteiger charge is -2.19. The summed E-state index contributed by atoms with van der Waals surface area (Å²) < 4.78 is 32.2. The fourth-order valence-electron chi connectivity index (χ4n) is 2.20. The molecule has 1 fully saturated rings. The molecule has 1 aromatic rings. The molecule has 0 saturated heterocycles. The molecule has 0 bridgehead atoms. The Morgan fingerprint density at radius 1 is 1.47 bits per heavy atom. The average Bonchev–Trinajstić information content (AvgIpc) is 2.79. The summed E-state index contributed by atoms with van der Waals surface area (Å²) in [7, 11) is -2.15. The topological polar surface area (TPSA) is 88.3 Å². The third kappa shape index (κ3) is 3.17. The molecule has 19 heavy (non-hydrogen) atoms. The lowest BCUT2D eigenvalue weighted by Crippen LogP contribution is -2.40. The number of aromatic amines is 1. The maximum absolute atomic E-state index is 12.2. The summed E-state index contributed by atoms with van der Waals surface area (Å²) >= 11 is 5.63. The highest BCUT2D eigenvalue weighted by atomic mass is 35.5. The van der Waals surface area contributed by atoms with Gasteiger partial charge in [-0.2, -0.15) is 0 Å². The van der Waals surface area contributed by atoms with Gasteiger partial charge in [0.15, 0.2) is 0 Å². The lowest BCUT2D eigenvalue weighted by atomic mass is 10.2. The minimum absolute atomic E-state index is 0.0566. The van der Waals surface area contributed by atoms with Gasteiger partial charge in [-0.15, -0.1) is 0 Å². The first-order chi connectivity index (χ1) is 8.94. The van der Waals surface area contributed by atoms with Crippen molar-refractivity contribution >= 4 is 21.6 Å². The Hall–Kier alpha value is -0.890. The Labute approximate surface area is 116 Å². The van der Waals surface area contributed by atoms with E-state index >= 15 is 0 Å². The molecule has 1 aromatic heterocycles. The average molecular weight is 307 g/mol. The minimum atomic E-state index is -3.71. The van der Waals surface area contributed by atoms with Crippen LogP contribution in [0.3, 0.4) is 0 Å². The van der Waals surface area contributed by atoms with Gasteiger partial charge in [0.05, 0.1) is 11.0 Å². The van der Waals surface area contributed by atoms with Crippen molar-refractivity contribution in [2.24, 2.45) is 0 Å². The van der Waals surface area contributed by atoms with Crippen molar-refractivity contribution in [3.05, 3.63) is 27.6 Å². The van der Waals surface area contributed by atoms with Crippen molar-refractivity contribution in [3.63, 3.8) is 0 Å². The first-order valence-electron chi connectivity index (χ1n) is 5.87. The molecular formula is C11H15ClN2O4S. The molecular weight excluding hydrogens is 292 g/mol. The summed E-state index contributed by atoms with van der Waals surface area (Å²) in [6, 6.07) is 0.889. The van der Waals surface area contributed by atoms with E-state index < -0.39 is 15.6 Å². The number of aromatic nitrogens is 1. The summed E-state index contributed by atoms with van der Waals surface area (Å²) in [4.78, 5) is 13.3. The molecule has 0 aliphatic heterocycles. The Kier molecular flexibility index (Phi) is 4.29. The van der Waals surface area contributed by atoms with Crippen LogP contribution in [0.1, 0.15) is 19.3 Å². The third-order valence-electron chi connectivity index (χ3n) is 3.20. The fourth-order valence-corrected chi connectivity index (χ4v) is 3.73. The van der Waals surface area contributed by atoms with Crippen LogP contribution >= 0.6 is 11.6 Å². The normalized spacial score (nSPS) is 23.7. The molecule has 0 radical (unpaired) electrons. The van der Waals surface area contributed by atoms with E-state index in [1.807, 2.05) is 0 Å². The van der Waals surface area contributed by atoms with Gasteiger partial charge in [0, 0.05) is 19.3 Å². The first-order valence-corrected chi connectivity index (χ1v) is 7.73.